The van der Waals surface area contributed by atoms with Gasteiger partial charge in [-0.3, -0.25) is 9.78 Å². The lowest BCUT2D eigenvalue weighted by Gasteiger charge is -2.31. The van der Waals surface area contributed by atoms with Crippen LogP contribution < -0.4 is 5.32 Å². The minimum atomic E-state index is -0.0165. The highest BCUT2D eigenvalue weighted by molar-refractivity contribution is 7.13. The van der Waals surface area contributed by atoms with Gasteiger partial charge >= 0.3 is 0 Å². The Bertz CT molecular complexity index is 876. The lowest BCUT2D eigenvalue weighted by atomic mass is 10.2. The molecule has 0 unspecified atom stereocenters. The lowest BCUT2D eigenvalue weighted by molar-refractivity contribution is 0.0704. The molecule has 128 valence electrons. The van der Waals surface area contributed by atoms with Gasteiger partial charge in [0.25, 0.3) is 5.91 Å². The zero-order valence-electron chi connectivity index (χ0n) is 13.7. The number of rotatable bonds is 3. The van der Waals surface area contributed by atoms with E-state index >= 15 is 0 Å². The van der Waals surface area contributed by atoms with Gasteiger partial charge in [-0.1, -0.05) is 0 Å². The zero-order valence-corrected chi connectivity index (χ0v) is 14.5. The topological polar surface area (TPSA) is 88.8 Å². The van der Waals surface area contributed by atoms with Crippen LogP contribution in [-0.2, 0) is 0 Å². The average Bonchev–Trinajstić information content (AvgIpc) is 3.31. The van der Waals surface area contributed by atoms with Gasteiger partial charge in [-0.15, -0.1) is 11.3 Å². The number of carbonyl (C=O) groups excluding carboxylic acids is 1. The fraction of sp³-hybridized carbons (Fsp3) is 0.312. The first-order valence-electron chi connectivity index (χ1n) is 8.00. The van der Waals surface area contributed by atoms with Gasteiger partial charge in [0, 0.05) is 55.2 Å². The van der Waals surface area contributed by atoms with Gasteiger partial charge in [0.1, 0.15) is 10.7 Å². The Labute approximate surface area is 148 Å². The largest absolute Gasteiger partial charge is 0.334 e. The van der Waals surface area contributed by atoms with E-state index in [1.54, 1.807) is 29.5 Å². The monoisotopic (exact) mass is 355 g/mol. The van der Waals surface area contributed by atoms with E-state index in [4.69, 9.17) is 0 Å². The van der Waals surface area contributed by atoms with Gasteiger partial charge in [-0.05, 0) is 6.92 Å². The SMILES string of the molecule is C[C@H]1CN(C(=O)c2csc(-c3cnn(-c4cnccn4)c3)n2)CCN1. The first-order valence-corrected chi connectivity index (χ1v) is 8.88. The molecule has 1 saturated heterocycles. The van der Waals surface area contributed by atoms with Crippen molar-refractivity contribution in [2.45, 2.75) is 13.0 Å². The van der Waals surface area contributed by atoms with Crippen molar-refractivity contribution in [2.24, 2.45) is 0 Å². The molecule has 0 aliphatic carbocycles. The summed E-state index contributed by atoms with van der Waals surface area (Å²) >= 11 is 1.44. The summed E-state index contributed by atoms with van der Waals surface area (Å²) in [7, 11) is 0. The molecule has 1 aliphatic heterocycles. The fourth-order valence-corrected chi connectivity index (χ4v) is 3.52. The molecule has 8 nitrogen and oxygen atoms in total. The van der Waals surface area contributed by atoms with Gasteiger partial charge < -0.3 is 10.2 Å². The molecule has 0 aromatic carbocycles. The number of carbonyl (C=O) groups is 1. The van der Waals surface area contributed by atoms with Crippen LogP contribution in [0.1, 0.15) is 17.4 Å². The Hall–Kier alpha value is -2.65. The van der Waals surface area contributed by atoms with E-state index < -0.39 is 0 Å². The predicted molar refractivity (Wildman–Crippen MR) is 93.6 cm³/mol. The zero-order chi connectivity index (χ0) is 17.2. The number of amides is 1. The summed E-state index contributed by atoms with van der Waals surface area (Å²) in [6, 6.07) is 0.306. The van der Waals surface area contributed by atoms with Crippen LogP contribution in [0.25, 0.3) is 16.4 Å². The summed E-state index contributed by atoms with van der Waals surface area (Å²) in [4.78, 5) is 27.2. The van der Waals surface area contributed by atoms with Crippen LogP contribution in [0.4, 0.5) is 0 Å². The van der Waals surface area contributed by atoms with E-state index in [2.05, 4.69) is 32.3 Å². The van der Waals surface area contributed by atoms with E-state index in [-0.39, 0.29) is 5.91 Å². The fourth-order valence-electron chi connectivity index (χ4n) is 2.75. The molecule has 25 heavy (non-hydrogen) atoms. The Balaban J connectivity index is 1.53. The molecule has 1 amide bonds. The second-order valence-corrected chi connectivity index (χ2v) is 6.74. The summed E-state index contributed by atoms with van der Waals surface area (Å²) in [5.74, 6) is 0.619. The molecule has 1 atom stereocenters. The molecule has 0 bridgehead atoms. The van der Waals surface area contributed by atoms with E-state index in [0.717, 1.165) is 17.1 Å². The molecule has 0 radical (unpaired) electrons. The smallest absolute Gasteiger partial charge is 0.273 e. The third-order valence-electron chi connectivity index (χ3n) is 3.99. The van der Waals surface area contributed by atoms with Crippen molar-refractivity contribution in [2.75, 3.05) is 19.6 Å². The summed E-state index contributed by atoms with van der Waals surface area (Å²) in [6.45, 7) is 4.30. The molecular formula is C16H17N7OS. The molecule has 4 heterocycles. The van der Waals surface area contributed by atoms with Gasteiger partial charge in [-0.25, -0.2) is 14.6 Å². The maximum Gasteiger partial charge on any atom is 0.273 e. The third-order valence-corrected chi connectivity index (χ3v) is 4.88. The number of thiazole rings is 1. The highest BCUT2D eigenvalue weighted by Crippen LogP contribution is 2.24. The normalized spacial score (nSPS) is 17.6. The van der Waals surface area contributed by atoms with Gasteiger partial charge in [0.2, 0.25) is 0 Å². The van der Waals surface area contributed by atoms with Crippen molar-refractivity contribution < 1.29 is 4.79 Å². The van der Waals surface area contributed by atoms with Crippen LogP contribution in [0.5, 0.6) is 0 Å². The molecule has 9 heteroatoms. The molecule has 1 aliphatic rings. The highest BCUT2D eigenvalue weighted by Gasteiger charge is 2.23. The molecule has 1 N–H and O–H groups in total. The summed E-state index contributed by atoms with van der Waals surface area (Å²) in [5.41, 5.74) is 1.34. The second kappa shape index (κ2) is 6.69. The van der Waals surface area contributed by atoms with Crippen molar-refractivity contribution in [1.82, 2.24) is 34.9 Å². The molecule has 4 rings (SSSR count). The summed E-state index contributed by atoms with van der Waals surface area (Å²) in [5, 5.41) is 10.2. The molecule has 0 spiro atoms. The van der Waals surface area contributed by atoms with Crippen LogP contribution in [0.3, 0.4) is 0 Å². The standard InChI is InChI=1S/C16H17N7OS/c1-11-8-22(5-4-18-11)16(24)13-10-25-15(21-13)12-6-20-23(9-12)14-7-17-2-3-19-14/h2-3,6-7,9-11,18H,4-5,8H2,1H3/t11-/m0/s1. The van der Waals surface area contributed by atoms with Crippen molar-refractivity contribution in [1.29, 1.82) is 0 Å². The Morgan fingerprint density at radius 1 is 1.36 bits per heavy atom. The van der Waals surface area contributed by atoms with Gasteiger partial charge in [-0.2, -0.15) is 5.10 Å². The maximum absolute atomic E-state index is 12.6. The average molecular weight is 355 g/mol. The Morgan fingerprint density at radius 3 is 3.08 bits per heavy atom. The van der Waals surface area contributed by atoms with Crippen LogP contribution in [0.15, 0.2) is 36.4 Å². The van der Waals surface area contributed by atoms with Gasteiger partial charge in [0.15, 0.2) is 5.82 Å². The van der Waals surface area contributed by atoms with E-state index in [0.29, 0.717) is 30.6 Å². The van der Waals surface area contributed by atoms with Crippen LogP contribution in [0, 0.1) is 0 Å². The summed E-state index contributed by atoms with van der Waals surface area (Å²) < 4.78 is 1.64. The van der Waals surface area contributed by atoms with Crippen LogP contribution in [-0.4, -0.2) is 61.2 Å². The first kappa shape index (κ1) is 15.9. The Kier molecular flexibility index (Phi) is 4.24. The minimum Gasteiger partial charge on any atom is -0.334 e. The Morgan fingerprint density at radius 2 is 2.28 bits per heavy atom. The predicted octanol–water partition coefficient (Wildman–Crippen LogP) is 1.22. The third kappa shape index (κ3) is 3.28. The van der Waals surface area contributed by atoms with Crippen molar-refractivity contribution >= 4 is 17.2 Å². The number of hydrogen-bond donors (Lipinski definition) is 1. The van der Waals surface area contributed by atoms with E-state index in [9.17, 15) is 4.79 Å². The lowest BCUT2D eigenvalue weighted by Crippen LogP contribution is -2.51. The van der Waals surface area contributed by atoms with Crippen LogP contribution >= 0.6 is 11.3 Å². The number of aromatic nitrogens is 5. The van der Waals surface area contributed by atoms with Gasteiger partial charge in [0.05, 0.1) is 12.4 Å². The molecule has 3 aromatic heterocycles. The number of nitrogens with one attached hydrogen (secondary N) is 1. The quantitative estimate of drug-likeness (QED) is 0.760. The number of nitrogens with zero attached hydrogens (tertiary/aromatic N) is 6. The van der Waals surface area contributed by atoms with E-state index in [1.807, 2.05) is 16.5 Å². The maximum atomic E-state index is 12.6. The molecule has 1 fully saturated rings. The second-order valence-electron chi connectivity index (χ2n) is 5.88. The summed E-state index contributed by atoms with van der Waals surface area (Å²) in [6.07, 6.45) is 8.42. The molecule has 3 aromatic rings. The van der Waals surface area contributed by atoms with E-state index in [1.165, 1.54) is 11.3 Å². The highest BCUT2D eigenvalue weighted by atomic mass is 32.1. The number of hydrogen-bond acceptors (Lipinski definition) is 7. The van der Waals surface area contributed by atoms with Crippen molar-refractivity contribution in [3.05, 3.63) is 42.1 Å². The molecular weight excluding hydrogens is 338 g/mol. The van der Waals surface area contributed by atoms with Crippen molar-refractivity contribution in [3.8, 4) is 16.4 Å². The number of piperazine rings is 1. The molecule has 0 saturated carbocycles. The van der Waals surface area contributed by atoms with Crippen LogP contribution in [0.2, 0.25) is 0 Å². The van der Waals surface area contributed by atoms with Crippen molar-refractivity contribution in [3.63, 3.8) is 0 Å². The minimum absolute atomic E-state index is 0.0165. The first-order chi connectivity index (χ1) is 12.2.